The van der Waals surface area contributed by atoms with Gasteiger partial charge in [0.05, 0.1) is 13.7 Å². The van der Waals surface area contributed by atoms with Gasteiger partial charge in [0.2, 0.25) is 10.0 Å². The van der Waals surface area contributed by atoms with Crippen LogP contribution in [0.1, 0.15) is 25.0 Å². The van der Waals surface area contributed by atoms with Crippen LogP contribution in [0.25, 0.3) is 0 Å². The molecule has 2 aromatic carbocycles. The average molecular weight is 459 g/mol. The molecular weight excluding hydrogens is 428 g/mol. The van der Waals surface area contributed by atoms with E-state index in [-0.39, 0.29) is 35.8 Å². The molecule has 0 amide bonds. The van der Waals surface area contributed by atoms with Crippen molar-refractivity contribution in [2.75, 3.05) is 33.9 Å². The molecule has 1 heterocycles. The Morgan fingerprint density at radius 1 is 1.25 bits per heavy atom. The number of aliphatic hydroxyl groups excluding tert-OH is 1. The van der Waals surface area contributed by atoms with Gasteiger partial charge in [0.25, 0.3) is 0 Å². The number of rotatable bonds is 5. The summed E-state index contributed by atoms with van der Waals surface area (Å²) in [7, 11) is -0.425. The van der Waals surface area contributed by atoms with Gasteiger partial charge in [0.15, 0.2) is 0 Å². The minimum absolute atomic E-state index is 0.0812. The molecule has 2 aromatic rings. The van der Waals surface area contributed by atoms with Gasteiger partial charge in [-0.2, -0.15) is 4.31 Å². The molecule has 0 fully saturated rings. The fourth-order valence-electron chi connectivity index (χ4n) is 3.59. The van der Waals surface area contributed by atoms with E-state index in [4.69, 9.17) is 9.47 Å². The molecule has 172 valence electrons. The van der Waals surface area contributed by atoms with Crippen molar-refractivity contribution in [2.24, 2.45) is 5.92 Å². The highest BCUT2D eigenvalue weighted by Gasteiger charge is 2.37. The molecule has 0 aromatic heterocycles. The molecular formula is C24H30N2O5S. The third kappa shape index (κ3) is 5.25. The number of sulfonamides is 1. The van der Waals surface area contributed by atoms with Gasteiger partial charge in [0.1, 0.15) is 22.5 Å². The quantitative estimate of drug-likeness (QED) is 0.667. The number of ether oxygens (including phenoxy) is 2. The maximum absolute atomic E-state index is 13.4. The van der Waals surface area contributed by atoms with Crippen molar-refractivity contribution >= 4 is 10.0 Å². The van der Waals surface area contributed by atoms with Crippen molar-refractivity contribution < 1.29 is 23.0 Å². The van der Waals surface area contributed by atoms with Crippen LogP contribution in [0.15, 0.2) is 47.4 Å². The van der Waals surface area contributed by atoms with E-state index >= 15 is 0 Å². The van der Waals surface area contributed by atoms with Crippen LogP contribution in [-0.2, 0) is 10.0 Å². The summed E-state index contributed by atoms with van der Waals surface area (Å²) in [5, 5.41) is 12.8. The Bertz CT molecular complexity index is 1110. The summed E-state index contributed by atoms with van der Waals surface area (Å²) in [6, 6.07) is 11.7. The Balaban J connectivity index is 2.05. The smallest absolute Gasteiger partial charge is 0.247 e. The number of methoxy groups -OCH3 is 1. The SMILES string of the molecule is CNC[C@H]1Oc2cc(C#Cc3cccc(OC)c3)ccc2S(=O)(=O)N([C@@H](C)CO)C[C@@H]1C. The van der Waals surface area contributed by atoms with Crippen molar-refractivity contribution in [3.8, 4) is 23.3 Å². The Kier molecular flexibility index (Phi) is 7.80. The van der Waals surface area contributed by atoms with E-state index in [1.54, 1.807) is 26.2 Å². The van der Waals surface area contributed by atoms with Gasteiger partial charge in [-0.3, -0.25) is 0 Å². The minimum Gasteiger partial charge on any atom is -0.497 e. The normalized spacial score (nSPS) is 21.2. The standard InChI is InChI=1S/C24H30N2O5S/c1-17-15-26(18(2)16-27)32(28,29)24-11-10-20(13-22(24)31-23(17)14-25-3)9-8-19-6-5-7-21(12-19)30-4/h5-7,10-13,17-18,23,25,27H,14-16H2,1-4H3/t17-,18-,23+/m0/s1. The lowest BCUT2D eigenvalue weighted by molar-refractivity contribution is 0.103. The first kappa shape index (κ1) is 24.1. The van der Waals surface area contributed by atoms with Gasteiger partial charge in [-0.1, -0.05) is 24.8 Å². The van der Waals surface area contributed by atoms with E-state index in [9.17, 15) is 13.5 Å². The van der Waals surface area contributed by atoms with Crippen LogP contribution in [0, 0.1) is 17.8 Å². The number of aliphatic hydroxyl groups is 1. The van der Waals surface area contributed by atoms with Crippen molar-refractivity contribution in [2.45, 2.75) is 30.9 Å². The first-order valence-electron chi connectivity index (χ1n) is 10.5. The Morgan fingerprint density at radius 3 is 2.62 bits per heavy atom. The highest BCUT2D eigenvalue weighted by molar-refractivity contribution is 7.89. The molecule has 0 saturated carbocycles. The molecule has 1 aliphatic rings. The van der Waals surface area contributed by atoms with E-state index < -0.39 is 16.1 Å². The lowest BCUT2D eigenvalue weighted by atomic mass is 10.0. The van der Waals surface area contributed by atoms with Crippen LogP contribution in [-0.4, -0.2) is 63.8 Å². The van der Waals surface area contributed by atoms with E-state index in [0.29, 0.717) is 17.9 Å². The van der Waals surface area contributed by atoms with Crippen LogP contribution < -0.4 is 14.8 Å². The summed E-state index contributed by atoms with van der Waals surface area (Å²) < 4.78 is 39.6. The Hall–Kier alpha value is -2.57. The van der Waals surface area contributed by atoms with Crippen LogP contribution in [0.3, 0.4) is 0 Å². The monoisotopic (exact) mass is 458 g/mol. The van der Waals surface area contributed by atoms with Crippen LogP contribution >= 0.6 is 0 Å². The zero-order chi connectivity index (χ0) is 23.3. The first-order chi connectivity index (χ1) is 15.3. The van der Waals surface area contributed by atoms with Crippen molar-refractivity contribution in [1.82, 2.24) is 9.62 Å². The highest BCUT2D eigenvalue weighted by atomic mass is 32.2. The largest absolute Gasteiger partial charge is 0.497 e. The number of fused-ring (bicyclic) bond motifs is 1. The lowest BCUT2D eigenvalue weighted by Gasteiger charge is -2.36. The zero-order valence-corrected chi connectivity index (χ0v) is 19.6. The second kappa shape index (κ2) is 10.4. The van der Waals surface area contributed by atoms with Crippen LogP contribution in [0.5, 0.6) is 11.5 Å². The average Bonchev–Trinajstić information content (AvgIpc) is 2.79. The number of hydrogen-bond acceptors (Lipinski definition) is 6. The number of benzene rings is 2. The van der Waals surface area contributed by atoms with E-state index in [1.165, 1.54) is 10.4 Å². The molecule has 3 rings (SSSR count). The summed E-state index contributed by atoms with van der Waals surface area (Å²) in [5.74, 6) is 7.05. The fourth-order valence-corrected chi connectivity index (χ4v) is 5.42. The number of likely N-dealkylation sites (N-methyl/N-ethyl adjacent to an activating group) is 1. The van der Waals surface area contributed by atoms with Gasteiger partial charge in [-0.05, 0) is 50.4 Å². The summed E-state index contributed by atoms with van der Waals surface area (Å²) in [5.41, 5.74) is 1.43. The van der Waals surface area contributed by atoms with Gasteiger partial charge in [-0.25, -0.2) is 8.42 Å². The van der Waals surface area contributed by atoms with Crippen molar-refractivity contribution in [1.29, 1.82) is 0 Å². The molecule has 3 atom stereocenters. The zero-order valence-electron chi connectivity index (χ0n) is 18.8. The summed E-state index contributed by atoms with van der Waals surface area (Å²) in [4.78, 5) is 0.0812. The number of nitrogens with one attached hydrogen (secondary N) is 1. The molecule has 1 aliphatic heterocycles. The second-order valence-electron chi connectivity index (χ2n) is 7.94. The molecule has 2 N–H and O–H groups in total. The topological polar surface area (TPSA) is 88.1 Å². The third-order valence-electron chi connectivity index (χ3n) is 5.49. The number of hydrogen-bond donors (Lipinski definition) is 2. The van der Waals surface area contributed by atoms with Crippen LogP contribution in [0.4, 0.5) is 0 Å². The van der Waals surface area contributed by atoms with E-state index in [0.717, 1.165) is 5.56 Å². The lowest BCUT2D eigenvalue weighted by Crippen LogP contribution is -2.49. The second-order valence-corrected chi connectivity index (χ2v) is 9.80. The first-order valence-corrected chi connectivity index (χ1v) is 12.0. The maximum Gasteiger partial charge on any atom is 0.247 e. The maximum atomic E-state index is 13.4. The Labute approximate surface area is 190 Å². The molecule has 0 bridgehead atoms. The molecule has 0 radical (unpaired) electrons. The van der Waals surface area contributed by atoms with Crippen molar-refractivity contribution in [3.63, 3.8) is 0 Å². The highest BCUT2D eigenvalue weighted by Crippen LogP contribution is 2.33. The van der Waals surface area contributed by atoms with E-state index in [2.05, 4.69) is 17.2 Å². The summed E-state index contributed by atoms with van der Waals surface area (Å²) in [6.45, 7) is 4.21. The minimum atomic E-state index is -3.85. The molecule has 0 aliphatic carbocycles. The van der Waals surface area contributed by atoms with Crippen molar-refractivity contribution in [3.05, 3.63) is 53.6 Å². The van der Waals surface area contributed by atoms with Crippen LogP contribution in [0.2, 0.25) is 0 Å². The van der Waals surface area contributed by atoms with E-state index in [1.807, 2.05) is 38.2 Å². The third-order valence-corrected chi connectivity index (χ3v) is 7.51. The molecule has 32 heavy (non-hydrogen) atoms. The van der Waals surface area contributed by atoms with Gasteiger partial charge >= 0.3 is 0 Å². The molecule has 0 unspecified atom stereocenters. The predicted molar refractivity (Wildman–Crippen MR) is 123 cm³/mol. The molecule has 0 spiro atoms. The Morgan fingerprint density at radius 2 is 1.97 bits per heavy atom. The predicted octanol–water partition coefficient (Wildman–Crippen LogP) is 2.08. The molecule has 0 saturated heterocycles. The van der Waals surface area contributed by atoms with Gasteiger partial charge < -0.3 is 19.9 Å². The fraction of sp³-hybridized carbons (Fsp3) is 0.417. The van der Waals surface area contributed by atoms with Gasteiger partial charge in [-0.15, -0.1) is 0 Å². The molecule has 8 heteroatoms. The number of nitrogens with zero attached hydrogens (tertiary/aromatic N) is 1. The van der Waals surface area contributed by atoms with Gasteiger partial charge in [0, 0.05) is 36.2 Å². The summed E-state index contributed by atoms with van der Waals surface area (Å²) >= 11 is 0. The molecule has 7 nitrogen and oxygen atoms in total. The summed E-state index contributed by atoms with van der Waals surface area (Å²) in [6.07, 6.45) is -0.246.